The smallest absolute Gasteiger partial charge is 0.329 e. The van der Waals surface area contributed by atoms with E-state index in [1.807, 2.05) is 27.7 Å². The minimum atomic E-state index is -1.78. The van der Waals surface area contributed by atoms with Crippen LogP contribution in [0.3, 0.4) is 0 Å². The number of rotatable bonds is 15. The van der Waals surface area contributed by atoms with Crippen LogP contribution in [0.1, 0.15) is 133 Å². The number of ether oxygens (including phenoxy) is 3. The van der Waals surface area contributed by atoms with Gasteiger partial charge in [-0.15, -0.1) is 0 Å². The molecule has 4 rings (SSSR count). The van der Waals surface area contributed by atoms with E-state index < -0.39 is 150 Å². The van der Waals surface area contributed by atoms with E-state index in [9.17, 15) is 57.8 Å². The lowest BCUT2D eigenvalue weighted by Gasteiger charge is -2.36. The molecule has 4 N–H and O–H groups in total. The van der Waals surface area contributed by atoms with Gasteiger partial charge in [-0.05, 0) is 93.7 Å². The number of likely N-dealkylation sites (tertiary alicyclic amines) is 1. The summed E-state index contributed by atoms with van der Waals surface area (Å²) in [5.74, 6) is -11.3. The number of likely N-dealkylation sites (N-methyl/N-ethyl adjacent to an activating group) is 2. The van der Waals surface area contributed by atoms with Gasteiger partial charge in [-0.25, -0.2) is 4.79 Å². The molecule has 3 saturated heterocycles. The number of aliphatic hydroxyl groups is 1. The van der Waals surface area contributed by atoms with Gasteiger partial charge in [0.1, 0.15) is 48.1 Å². The summed E-state index contributed by atoms with van der Waals surface area (Å²) in [5, 5.41) is 20.1. The van der Waals surface area contributed by atoms with Crippen LogP contribution in [-0.2, 0) is 68.6 Å². The first kappa shape index (κ1) is 65.1. The second kappa shape index (κ2) is 29.1. The molecule has 3 aliphatic heterocycles. The molecular formula is C57H87N7O15. The monoisotopic (exact) mass is 1110 g/mol. The number of carbonyl (C=O) groups excluding carboxylic acids is 11. The zero-order chi connectivity index (χ0) is 59.3. The van der Waals surface area contributed by atoms with Crippen LogP contribution in [0, 0.1) is 29.6 Å². The van der Waals surface area contributed by atoms with Crippen molar-refractivity contribution in [2.24, 2.45) is 29.6 Å². The number of ketones is 2. The predicted octanol–water partition coefficient (Wildman–Crippen LogP) is 2.52. The number of Topliss-reactive ketones (excluding diaryl/α,β-unsaturated/α-hetero) is 2. The Morgan fingerprint density at radius 1 is 0.861 bits per heavy atom. The van der Waals surface area contributed by atoms with Crippen LogP contribution in [0.5, 0.6) is 5.75 Å². The highest BCUT2D eigenvalue weighted by molar-refractivity contribution is 6.35. The van der Waals surface area contributed by atoms with Crippen LogP contribution in [0.4, 0.5) is 0 Å². The maximum absolute atomic E-state index is 15.0. The Labute approximate surface area is 465 Å². The number of amides is 7. The fourth-order valence-corrected chi connectivity index (χ4v) is 10.5. The van der Waals surface area contributed by atoms with E-state index in [0.29, 0.717) is 30.6 Å². The Balaban J connectivity index is 1.89. The average molecular weight is 1110 g/mol. The largest absolute Gasteiger partial charge is 0.497 e. The molecular weight excluding hydrogens is 1020 g/mol. The van der Waals surface area contributed by atoms with E-state index in [0.717, 1.165) is 6.92 Å². The summed E-state index contributed by atoms with van der Waals surface area (Å²) in [6, 6.07) is -2.32. The van der Waals surface area contributed by atoms with Crippen molar-refractivity contribution in [2.45, 2.75) is 195 Å². The zero-order valence-corrected chi connectivity index (χ0v) is 48.7. The number of nitrogens with one attached hydrogen (secondary N) is 3. The SMILES string of the molecule is CC[C@H](C)[C@H]1NC(=O)C(NC(=O)[C@@H](CC(C)C)N(C)C(=O)[C@@H]2CCCN2C(=O)C(C)=O)[C@@H](C)OC(=O)C(Cc2ccc(OC)cc2)N(C)C(=O)[C@@H]2CCCN2C(=O)[C@H](CC(C)C)NC(=O)[C@@H](C)C(=O)[C@H](C(C)C)OC(=O)C[C@@H]1O. The highest BCUT2D eigenvalue weighted by Gasteiger charge is 2.46. The van der Waals surface area contributed by atoms with Gasteiger partial charge in [0.25, 0.3) is 5.91 Å². The molecule has 22 nitrogen and oxygen atoms in total. The molecule has 3 fully saturated rings. The van der Waals surface area contributed by atoms with E-state index in [1.54, 1.807) is 52.0 Å². The van der Waals surface area contributed by atoms with Crippen LogP contribution < -0.4 is 20.7 Å². The minimum absolute atomic E-state index is 0.0545. The lowest BCUT2D eigenvalue weighted by atomic mass is 9.91. The van der Waals surface area contributed by atoms with Crippen LogP contribution in [-0.4, -0.2) is 184 Å². The number of nitrogens with zero attached hydrogens (tertiary/aromatic N) is 4. The molecule has 79 heavy (non-hydrogen) atoms. The molecule has 0 radical (unpaired) electrons. The van der Waals surface area contributed by atoms with Crippen LogP contribution in [0.2, 0.25) is 0 Å². The Hall–Kier alpha value is -6.45. The third kappa shape index (κ3) is 16.8. The maximum atomic E-state index is 15.0. The van der Waals surface area contributed by atoms with Gasteiger partial charge < -0.3 is 54.9 Å². The van der Waals surface area contributed by atoms with Crippen LogP contribution in [0.15, 0.2) is 24.3 Å². The molecule has 0 saturated carbocycles. The molecule has 3 heterocycles. The maximum Gasteiger partial charge on any atom is 0.329 e. The lowest BCUT2D eigenvalue weighted by Crippen LogP contribution is -2.62. The summed E-state index contributed by atoms with van der Waals surface area (Å²) < 4.78 is 17.2. The number of hydrogen-bond donors (Lipinski definition) is 4. The van der Waals surface area contributed by atoms with E-state index in [1.165, 1.54) is 54.7 Å². The number of fused-ring (bicyclic) bond motifs is 1. The zero-order valence-electron chi connectivity index (χ0n) is 48.7. The number of hydrogen-bond acceptors (Lipinski definition) is 15. The molecule has 440 valence electrons. The van der Waals surface area contributed by atoms with Crippen molar-refractivity contribution < 1.29 is 72.1 Å². The lowest BCUT2D eigenvalue weighted by molar-refractivity contribution is -0.163. The Bertz CT molecular complexity index is 2380. The van der Waals surface area contributed by atoms with Gasteiger partial charge in [-0.2, -0.15) is 0 Å². The Morgan fingerprint density at radius 2 is 1.49 bits per heavy atom. The van der Waals surface area contributed by atoms with E-state index in [-0.39, 0.29) is 57.0 Å². The molecule has 0 aliphatic carbocycles. The van der Waals surface area contributed by atoms with Gasteiger partial charge >= 0.3 is 11.9 Å². The van der Waals surface area contributed by atoms with Crippen molar-refractivity contribution in [3.8, 4) is 5.75 Å². The standard InChI is InChI=1S/C57H87N7O15/c1-15-33(8)46-44(66)29-45(67)79-49(32(6)7)48(68)34(9)50(69)58-39(26-30(2)3)54(73)64-25-17-19-41(64)56(75)62(13)43(28-37-20-22-38(77-14)23-21-37)57(76)78-36(11)47(52(71)59-46)60-51(70)42(27-31(4)5)61(12)55(74)40-18-16-24-63(40)53(72)35(10)65/h20-23,30-34,36,39-44,46-47,49,66H,15-19,24-29H2,1-14H3,(H,58,69)(H,59,71)(H,60,70)/t33-,34-,36+,39-,40-,41-,42+,43?,44-,46+,47?,49-/m0/s1. The fourth-order valence-electron chi connectivity index (χ4n) is 10.5. The molecule has 1 aromatic carbocycles. The van der Waals surface area contributed by atoms with Gasteiger partial charge in [0.05, 0.1) is 31.6 Å². The first-order valence-corrected chi connectivity index (χ1v) is 27.9. The van der Waals surface area contributed by atoms with Crippen molar-refractivity contribution in [1.29, 1.82) is 0 Å². The molecule has 1 aromatic rings. The molecule has 2 unspecified atom stereocenters. The van der Waals surface area contributed by atoms with E-state index in [4.69, 9.17) is 14.2 Å². The third-order valence-corrected chi connectivity index (χ3v) is 15.4. The minimum Gasteiger partial charge on any atom is -0.497 e. The predicted molar refractivity (Wildman–Crippen MR) is 289 cm³/mol. The first-order valence-electron chi connectivity index (χ1n) is 27.9. The topological polar surface area (TPSA) is 285 Å². The molecule has 0 aromatic heterocycles. The van der Waals surface area contributed by atoms with E-state index in [2.05, 4.69) is 16.0 Å². The van der Waals surface area contributed by atoms with Gasteiger partial charge in [0.15, 0.2) is 11.9 Å². The Kier molecular flexibility index (Phi) is 24.0. The second-order valence-electron chi connectivity index (χ2n) is 22.8. The molecule has 22 heteroatoms. The Morgan fingerprint density at radius 3 is 2.06 bits per heavy atom. The number of methoxy groups -OCH3 is 1. The molecule has 3 aliphatic rings. The van der Waals surface area contributed by atoms with Crippen LogP contribution >= 0.6 is 0 Å². The summed E-state index contributed by atoms with van der Waals surface area (Å²) in [4.78, 5) is 160. The molecule has 7 amide bonds. The molecule has 0 bridgehead atoms. The highest BCUT2D eigenvalue weighted by atomic mass is 16.6. The molecule has 12 atom stereocenters. The highest BCUT2D eigenvalue weighted by Crippen LogP contribution is 2.27. The molecule has 0 spiro atoms. The van der Waals surface area contributed by atoms with Gasteiger partial charge in [-0.3, -0.25) is 47.9 Å². The summed E-state index contributed by atoms with van der Waals surface area (Å²) in [7, 11) is 4.26. The average Bonchev–Trinajstić information content (AvgIpc) is 4.13. The number of benzene rings is 1. The van der Waals surface area contributed by atoms with Crippen molar-refractivity contribution in [1.82, 2.24) is 35.6 Å². The van der Waals surface area contributed by atoms with Crippen molar-refractivity contribution in [3.05, 3.63) is 29.8 Å². The third-order valence-electron chi connectivity index (χ3n) is 15.4. The summed E-state index contributed by atoms with van der Waals surface area (Å²) in [6.45, 7) is 18.1. The first-order chi connectivity index (χ1) is 37.0. The summed E-state index contributed by atoms with van der Waals surface area (Å²) in [6.07, 6.45) is -3.76. The van der Waals surface area contributed by atoms with Crippen molar-refractivity contribution >= 4 is 64.9 Å². The summed E-state index contributed by atoms with van der Waals surface area (Å²) in [5.41, 5.74) is 0.566. The van der Waals surface area contributed by atoms with Crippen molar-refractivity contribution in [3.63, 3.8) is 0 Å². The summed E-state index contributed by atoms with van der Waals surface area (Å²) >= 11 is 0. The van der Waals surface area contributed by atoms with Gasteiger partial charge in [0, 0.05) is 40.5 Å². The number of aliphatic hydroxyl groups excluding tert-OH is 1. The van der Waals surface area contributed by atoms with Gasteiger partial charge in [0.2, 0.25) is 41.2 Å². The normalized spacial score (nSPS) is 27.2. The fraction of sp³-hybridized carbons (Fsp3) is 0.702. The second-order valence-corrected chi connectivity index (χ2v) is 22.8. The van der Waals surface area contributed by atoms with Gasteiger partial charge in [-0.1, -0.05) is 73.9 Å². The van der Waals surface area contributed by atoms with E-state index >= 15 is 0 Å². The number of esters is 2. The number of carbonyl (C=O) groups is 11. The van der Waals surface area contributed by atoms with Crippen LogP contribution in [0.25, 0.3) is 0 Å². The quantitative estimate of drug-likeness (QED) is 0.112. The van der Waals surface area contributed by atoms with Crippen molar-refractivity contribution in [2.75, 3.05) is 34.3 Å². The number of cyclic esters (lactones) is 2.